The first-order valence-corrected chi connectivity index (χ1v) is 8.62. The molecule has 21 heavy (non-hydrogen) atoms. The van der Waals surface area contributed by atoms with Crippen LogP contribution < -0.4 is 0 Å². The second kappa shape index (κ2) is 6.60. The molecule has 0 spiro atoms. The van der Waals surface area contributed by atoms with Crippen molar-refractivity contribution in [3.8, 4) is 0 Å². The van der Waals surface area contributed by atoms with Crippen LogP contribution >= 0.6 is 11.3 Å². The summed E-state index contributed by atoms with van der Waals surface area (Å²) in [7, 11) is 0. The molecule has 2 aliphatic rings. The Hall–Kier alpha value is -1.36. The van der Waals surface area contributed by atoms with Gasteiger partial charge in [-0.25, -0.2) is 4.79 Å². The molecule has 0 unspecified atom stereocenters. The number of nitrogens with zero attached hydrogens (tertiary/aromatic N) is 1. The number of likely N-dealkylation sites (tertiary alicyclic amines) is 1. The molecule has 4 nitrogen and oxygen atoms in total. The largest absolute Gasteiger partial charge is 0.451 e. The van der Waals surface area contributed by atoms with Gasteiger partial charge in [-0.15, -0.1) is 11.3 Å². The molecule has 1 aromatic heterocycles. The second-order valence-electron chi connectivity index (χ2n) is 5.78. The minimum absolute atomic E-state index is 0.0654. The summed E-state index contributed by atoms with van der Waals surface area (Å²) in [6.07, 6.45) is 7.83. The smallest absolute Gasteiger partial charge is 0.348 e. The van der Waals surface area contributed by atoms with Gasteiger partial charge in [-0.3, -0.25) is 4.79 Å². The summed E-state index contributed by atoms with van der Waals surface area (Å²) in [6.45, 7) is 1.47. The zero-order chi connectivity index (χ0) is 14.7. The minimum Gasteiger partial charge on any atom is -0.451 e. The van der Waals surface area contributed by atoms with Gasteiger partial charge in [0.05, 0.1) is 0 Å². The van der Waals surface area contributed by atoms with Crippen LogP contribution in [0.5, 0.6) is 0 Å². The van der Waals surface area contributed by atoms with Crippen LogP contribution in [0.4, 0.5) is 0 Å². The van der Waals surface area contributed by atoms with E-state index in [9.17, 15) is 9.59 Å². The molecular weight excluding hydrogens is 286 g/mol. The zero-order valence-electron chi connectivity index (χ0n) is 12.2. The molecule has 1 aliphatic heterocycles. The van der Waals surface area contributed by atoms with Gasteiger partial charge in [-0.05, 0) is 56.6 Å². The highest BCUT2D eigenvalue weighted by molar-refractivity contribution is 7.14. The van der Waals surface area contributed by atoms with Crippen LogP contribution in [0.2, 0.25) is 0 Å². The van der Waals surface area contributed by atoms with E-state index in [0.29, 0.717) is 4.88 Å². The van der Waals surface area contributed by atoms with Crippen LogP contribution in [-0.2, 0) is 22.4 Å². The average Bonchev–Trinajstić information content (AvgIpc) is 2.97. The van der Waals surface area contributed by atoms with Gasteiger partial charge in [-0.1, -0.05) is 0 Å². The summed E-state index contributed by atoms with van der Waals surface area (Å²) in [4.78, 5) is 27.8. The van der Waals surface area contributed by atoms with E-state index < -0.39 is 0 Å². The Balaban J connectivity index is 1.53. The lowest BCUT2D eigenvalue weighted by molar-refractivity contribution is -0.135. The highest BCUT2D eigenvalue weighted by Gasteiger charge is 2.21. The van der Waals surface area contributed by atoms with E-state index in [2.05, 4.69) is 0 Å². The summed E-state index contributed by atoms with van der Waals surface area (Å²) in [5.41, 5.74) is 1.29. The summed E-state index contributed by atoms with van der Waals surface area (Å²) in [5.74, 6) is -0.413. The van der Waals surface area contributed by atoms with E-state index in [1.807, 2.05) is 6.07 Å². The van der Waals surface area contributed by atoms with Gasteiger partial charge in [0.1, 0.15) is 4.88 Å². The van der Waals surface area contributed by atoms with E-state index in [-0.39, 0.29) is 18.5 Å². The Morgan fingerprint density at radius 3 is 2.62 bits per heavy atom. The molecule has 0 radical (unpaired) electrons. The van der Waals surface area contributed by atoms with Crippen molar-refractivity contribution in [1.29, 1.82) is 0 Å². The fraction of sp³-hybridized carbons (Fsp3) is 0.625. The van der Waals surface area contributed by atoms with Gasteiger partial charge in [-0.2, -0.15) is 0 Å². The fourth-order valence-corrected chi connectivity index (χ4v) is 4.17. The first-order valence-electron chi connectivity index (χ1n) is 7.80. The number of aryl methyl sites for hydroxylation is 2. The van der Waals surface area contributed by atoms with Crippen molar-refractivity contribution in [2.45, 2.75) is 44.9 Å². The van der Waals surface area contributed by atoms with Crippen LogP contribution in [-0.4, -0.2) is 36.5 Å². The maximum Gasteiger partial charge on any atom is 0.348 e. The third-order valence-corrected chi connectivity index (χ3v) is 5.45. The van der Waals surface area contributed by atoms with Gasteiger partial charge in [0.2, 0.25) is 0 Å². The number of rotatable bonds is 3. The number of ether oxygens (including phenoxy) is 1. The summed E-state index contributed by atoms with van der Waals surface area (Å²) < 4.78 is 5.20. The van der Waals surface area contributed by atoms with Crippen molar-refractivity contribution >= 4 is 23.2 Å². The first kappa shape index (κ1) is 14.6. The molecule has 0 atom stereocenters. The predicted molar refractivity (Wildman–Crippen MR) is 81.7 cm³/mol. The Kier molecular flexibility index (Phi) is 4.58. The van der Waals surface area contributed by atoms with E-state index in [1.54, 1.807) is 4.90 Å². The lowest BCUT2D eigenvalue weighted by Gasteiger charge is -2.26. The van der Waals surface area contributed by atoms with Gasteiger partial charge in [0, 0.05) is 18.0 Å². The molecule has 3 rings (SSSR count). The molecule has 2 heterocycles. The van der Waals surface area contributed by atoms with Gasteiger partial charge >= 0.3 is 5.97 Å². The molecule has 1 aromatic rings. The van der Waals surface area contributed by atoms with E-state index in [1.165, 1.54) is 41.0 Å². The van der Waals surface area contributed by atoms with E-state index >= 15 is 0 Å². The number of thiophene rings is 1. The Morgan fingerprint density at radius 1 is 1.10 bits per heavy atom. The minimum atomic E-state index is -0.347. The normalized spacial score (nSPS) is 18.2. The number of esters is 1. The number of carbonyl (C=O) groups is 2. The Morgan fingerprint density at radius 2 is 1.86 bits per heavy atom. The van der Waals surface area contributed by atoms with E-state index in [4.69, 9.17) is 4.74 Å². The lowest BCUT2D eigenvalue weighted by atomic mass is 9.99. The van der Waals surface area contributed by atoms with Crippen LogP contribution in [0.25, 0.3) is 0 Å². The molecule has 0 aromatic carbocycles. The molecule has 1 aliphatic carbocycles. The molecule has 1 saturated heterocycles. The monoisotopic (exact) mass is 307 g/mol. The highest BCUT2D eigenvalue weighted by Crippen LogP contribution is 2.30. The van der Waals surface area contributed by atoms with Gasteiger partial charge in [0.15, 0.2) is 6.61 Å². The summed E-state index contributed by atoms with van der Waals surface area (Å²) in [6, 6.07) is 1.95. The van der Waals surface area contributed by atoms with Crippen molar-refractivity contribution in [3.63, 3.8) is 0 Å². The number of hydrogen-bond acceptors (Lipinski definition) is 4. The maximum absolute atomic E-state index is 12.1. The quantitative estimate of drug-likeness (QED) is 0.807. The lowest BCUT2D eigenvalue weighted by Crippen LogP contribution is -2.38. The van der Waals surface area contributed by atoms with Crippen LogP contribution in [0, 0.1) is 0 Å². The zero-order valence-corrected chi connectivity index (χ0v) is 13.0. The van der Waals surface area contributed by atoms with Crippen LogP contribution in [0.15, 0.2) is 6.07 Å². The average molecular weight is 307 g/mol. The van der Waals surface area contributed by atoms with Gasteiger partial charge in [0.25, 0.3) is 5.91 Å². The maximum atomic E-state index is 12.1. The number of amides is 1. The third kappa shape index (κ3) is 3.46. The van der Waals surface area contributed by atoms with Crippen molar-refractivity contribution < 1.29 is 14.3 Å². The van der Waals surface area contributed by atoms with Crippen LogP contribution in [0.1, 0.15) is 52.2 Å². The summed E-state index contributed by atoms with van der Waals surface area (Å²) in [5, 5.41) is 0. The van der Waals surface area contributed by atoms with E-state index in [0.717, 1.165) is 38.8 Å². The molecule has 1 amide bonds. The number of fused-ring (bicyclic) bond motifs is 1. The molecule has 5 heteroatoms. The molecule has 0 bridgehead atoms. The molecule has 1 fully saturated rings. The second-order valence-corrected chi connectivity index (χ2v) is 6.92. The van der Waals surface area contributed by atoms with Crippen molar-refractivity contribution in [3.05, 3.63) is 21.4 Å². The first-order chi connectivity index (χ1) is 10.2. The Labute approximate surface area is 129 Å². The van der Waals surface area contributed by atoms with Crippen molar-refractivity contribution in [2.24, 2.45) is 0 Å². The SMILES string of the molecule is O=C(OCC(=O)N1CCCCC1)c1cc2c(s1)CCCC2. The van der Waals surface area contributed by atoms with Gasteiger partial charge < -0.3 is 9.64 Å². The molecular formula is C16H21NO3S. The number of piperidine rings is 1. The topological polar surface area (TPSA) is 46.6 Å². The summed E-state index contributed by atoms with van der Waals surface area (Å²) >= 11 is 1.53. The Bertz CT molecular complexity index is 508. The third-order valence-electron chi connectivity index (χ3n) is 4.23. The predicted octanol–water partition coefficient (Wildman–Crippen LogP) is 2.80. The van der Waals surface area contributed by atoms with Crippen LogP contribution in [0.3, 0.4) is 0 Å². The fourth-order valence-electron chi connectivity index (χ4n) is 3.02. The van der Waals surface area contributed by atoms with Crippen molar-refractivity contribution in [2.75, 3.05) is 19.7 Å². The van der Waals surface area contributed by atoms with Crippen molar-refractivity contribution in [1.82, 2.24) is 4.90 Å². The standard InChI is InChI=1S/C16H21NO3S/c18-15(17-8-4-1-5-9-17)11-20-16(19)14-10-12-6-2-3-7-13(12)21-14/h10H,1-9,11H2. The molecule has 0 saturated carbocycles. The number of hydrogen-bond donors (Lipinski definition) is 0. The molecule has 0 N–H and O–H groups in total. The number of carbonyl (C=O) groups excluding carboxylic acids is 2. The highest BCUT2D eigenvalue weighted by atomic mass is 32.1. The molecule has 114 valence electrons.